The Labute approximate surface area is 126 Å². The molecule has 19 heavy (non-hydrogen) atoms. The molecule has 106 valence electrons. The van der Waals surface area contributed by atoms with Crippen molar-refractivity contribution in [3.63, 3.8) is 0 Å². The maximum atomic E-state index is 6.03. The van der Waals surface area contributed by atoms with Crippen LogP contribution in [0.4, 0.5) is 5.69 Å². The zero-order valence-electron chi connectivity index (χ0n) is 11.7. The number of nitrogens with zero attached hydrogens (tertiary/aromatic N) is 2. The Morgan fingerprint density at radius 2 is 2.00 bits per heavy atom. The van der Waals surface area contributed by atoms with Gasteiger partial charge in [0.25, 0.3) is 0 Å². The zero-order valence-corrected chi connectivity index (χ0v) is 13.2. The third kappa shape index (κ3) is 4.01. The Morgan fingerprint density at radius 3 is 2.63 bits per heavy atom. The second-order valence-corrected chi connectivity index (χ2v) is 6.24. The fourth-order valence-corrected chi connectivity index (χ4v) is 3.17. The number of anilines is 1. The minimum absolute atomic E-state index is 0.508. The molecule has 1 saturated heterocycles. The van der Waals surface area contributed by atoms with E-state index in [0.29, 0.717) is 5.88 Å². The molecule has 4 heteroatoms. The highest BCUT2D eigenvalue weighted by atomic mass is 35.5. The third-order valence-electron chi connectivity index (χ3n) is 3.97. The van der Waals surface area contributed by atoms with Gasteiger partial charge in [0.15, 0.2) is 0 Å². The van der Waals surface area contributed by atoms with Crippen LogP contribution in [-0.2, 0) is 5.88 Å². The molecule has 0 N–H and O–H groups in total. The molecular weight excluding hydrogens is 279 g/mol. The van der Waals surface area contributed by atoms with Crippen LogP contribution in [0.15, 0.2) is 18.2 Å². The van der Waals surface area contributed by atoms with Crippen molar-refractivity contribution < 1.29 is 0 Å². The third-order valence-corrected chi connectivity index (χ3v) is 4.49. The lowest BCUT2D eigenvalue weighted by Gasteiger charge is -2.33. The van der Waals surface area contributed by atoms with Crippen LogP contribution in [0.2, 0.25) is 5.02 Å². The Hall–Kier alpha value is -0.440. The normalized spacial score (nSPS) is 17.7. The SMILES string of the molecule is CN1CCC(CN(C)c2ccc(Cl)cc2CCl)CC1. The smallest absolute Gasteiger partial charge is 0.0495 e. The molecule has 2 nitrogen and oxygen atoms in total. The molecule has 2 rings (SSSR count). The minimum atomic E-state index is 0.508. The first-order chi connectivity index (χ1) is 9.10. The van der Waals surface area contributed by atoms with Gasteiger partial charge in [-0.2, -0.15) is 0 Å². The molecular formula is C15H22Cl2N2. The average Bonchev–Trinajstić information content (AvgIpc) is 2.41. The van der Waals surface area contributed by atoms with Crippen LogP contribution in [0.5, 0.6) is 0 Å². The first-order valence-corrected chi connectivity index (χ1v) is 7.75. The van der Waals surface area contributed by atoms with Gasteiger partial charge in [-0.05, 0) is 62.7 Å². The second-order valence-electron chi connectivity index (χ2n) is 5.53. The summed E-state index contributed by atoms with van der Waals surface area (Å²) in [5.74, 6) is 1.29. The number of benzene rings is 1. The fraction of sp³-hybridized carbons (Fsp3) is 0.600. The molecule has 1 fully saturated rings. The quantitative estimate of drug-likeness (QED) is 0.779. The van der Waals surface area contributed by atoms with E-state index >= 15 is 0 Å². The van der Waals surface area contributed by atoms with Gasteiger partial charge < -0.3 is 9.80 Å². The Balaban J connectivity index is 2.01. The molecule has 1 aromatic rings. The molecule has 0 aromatic heterocycles. The van der Waals surface area contributed by atoms with Gasteiger partial charge >= 0.3 is 0 Å². The summed E-state index contributed by atoms with van der Waals surface area (Å²) in [5.41, 5.74) is 2.32. The van der Waals surface area contributed by atoms with Gasteiger partial charge in [0, 0.05) is 30.2 Å². The summed E-state index contributed by atoms with van der Waals surface area (Å²) >= 11 is 12.0. The number of alkyl halides is 1. The van der Waals surface area contributed by atoms with Crippen molar-refractivity contribution in [1.82, 2.24) is 4.90 Å². The summed E-state index contributed by atoms with van der Waals surface area (Å²) in [6.07, 6.45) is 2.56. The van der Waals surface area contributed by atoms with E-state index in [1.165, 1.54) is 31.6 Å². The van der Waals surface area contributed by atoms with Crippen molar-refractivity contribution in [2.75, 3.05) is 38.6 Å². The maximum Gasteiger partial charge on any atom is 0.0495 e. The highest BCUT2D eigenvalue weighted by Crippen LogP contribution is 2.27. The Morgan fingerprint density at radius 1 is 1.32 bits per heavy atom. The number of hydrogen-bond acceptors (Lipinski definition) is 2. The molecule has 1 aliphatic heterocycles. The van der Waals surface area contributed by atoms with Crippen molar-refractivity contribution in [1.29, 1.82) is 0 Å². The first-order valence-electron chi connectivity index (χ1n) is 6.84. The zero-order chi connectivity index (χ0) is 13.8. The largest absolute Gasteiger partial charge is 0.374 e. The lowest BCUT2D eigenvalue weighted by Crippen LogP contribution is -2.35. The number of halogens is 2. The minimum Gasteiger partial charge on any atom is -0.374 e. The summed E-state index contributed by atoms with van der Waals surface area (Å²) < 4.78 is 0. The monoisotopic (exact) mass is 300 g/mol. The Kier molecular flexibility index (Phi) is 5.37. The highest BCUT2D eigenvalue weighted by molar-refractivity contribution is 6.30. The van der Waals surface area contributed by atoms with Gasteiger partial charge in [-0.1, -0.05) is 11.6 Å². The van der Waals surface area contributed by atoms with E-state index in [4.69, 9.17) is 23.2 Å². The topological polar surface area (TPSA) is 6.48 Å². The first kappa shape index (κ1) is 15.0. The van der Waals surface area contributed by atoms with Gasteiger partial charge in [0.1, 0.15) is 0 Å². The number of likely N-dealkylation sites (tertiary alicyclic amines) is 1. The summed E-state index contributed by atoms with van der Waals surface area (Å²) in [7, 11) is 4.35. The predicted octanol–water partition coefficient (Wildman–Crippen LogP) is 3.86. The lowest BCUT2D eigenvalue weighted by molar-refractivity contribution is 0.222. The van der Waals surface area contributed by atoms with Gasteiger partial charge in [-0.15, -0.1) is 11.6 Å². The van der Waals surface area contributed by atoms with Crippen LogP contribution >= 0.6 is 23.2 Å². The fourth-order valence-electron chi connectivity index (χ4n) is 2.76. The average molecular weight is 301 g/mol. The molecule has 0 saturated carbocycles. The highest BCUT2D eigenvalue weighted by Gasteiger charge is 2.19. The van der Waals surface area contributed by atoms with Crippen molar-refractivity contribution >= 4 is 28.9 Å². The van der Waals surface area contributed by atoms with E-state index in [1.54, 1.807) is 0 Å². The molecule has 1 aromatic carbocycles. The van der Waals surface area contributed by atoms with E-state index in [9.17, 15) is 0 Å². The molecule has 0 bridgehead atoms. The van der Waals surface area contributed by atoms with Crippen LogP contribution < -0.4 is 4.90 Å². The standard InChI is InChI=1S/C15H22Cl2N2/c1-18-7-5-12(6-8-18)11-19(2)15-4-3-14(17)9-13(15)10-16/h3-4,9,12H,5-8,10-11H2,1-2H3. The predicted molar refractivity (Wildman–Crippen MR) is 84.5 cm³/mol. The van der Waals surface area contributed by atoms with E-state index in [-0.39, 0.29) is 0 Å². The molecule has 1 aliphatic rings. The van der Waals surface area contributed by atoms with Crippen LogP contribution in [0.3, 0.4) is 0 Å². The van der Waals surface area contributed by atoms with Crippen molar-refractivity contribution in [3.8, 4) is 0 Å². The van der Waals surface area contributed by atoms with Crippen molar-refractivity contribution in [3.05, 3.63) is 28.8 Å². The molecule has 0 atom stereocenters. The number of rotatable bonds is 4. The molecule has 0 radical (unpaired) electrons. The van der Waals surface area contributed by atoms with Crippen LogP contribution in [0.25, 0.3) is 0 Å². The number of hydrogen-bond donors (Lipinski definition) is 0. The van der Waals surface area contributed by atoms with Crippen LogP contribution in [-0.4, -0.2) is 38.6 Å². The summed E-state index contributed by atoms with van der Waals surface area (Å²) in [4.78, 5) is 4.73. The van der Waals surface area contributed by atoms with E-state index in [2.05, 4.69) is 30.0 Å². The van der Waals surface area contributed by atoms with E-state index in [1.807, 2.05) is 12.1 Å². The lowest BCUT2D eigenvalue weighted by atomic mass is 9.96. The summed E-state index contributed by atoms with van der Waals surface area (Å²) in [6.45, 7) is 3.52. The molecule has 0 aliphatic carbocycles. The van der Waals surface area contributed by atoms with Crippen molar-refractivity contribution in [2.24, 2.45) is 5.92 Å². The van der Waals surface area contributed by atoms with Gasteiger partial charge in [0.05, 0.1) is 0 Å². The maximum absolute atomic E-state index is 6.03. The van der Waals surface area contributed by atoms with Gasteiger partial charge in [-0.25, -0.2) is 0 Å². The van der Waals surface area contributed by atoms with E-state index in [0.717, 1.165) is 23.0 Å². The number of piperidine rings is 1. The summed E-state index contributed by atoms with van der Waals surface area (Å²) in [5, 5.41) is 0.757. The Bertz CT molecular complexity index is 415. The van der Waals surface area contributed by atoms with Gasteiger partial charge in [-0.3, -0.25) is 0 Å². The van der Waals surface area contributed by atoms with Crippen molar-refractivity contribution in [2.45, 2.75) is 18.7 Å². The van der Waals surface area contributed by atoms with Crippen LogP contribution in [0, 0.1) is 5.92 Å². The molecule has 1 heterocycles. The van der Waals surface area contributed by atoms with Crippen LogP contribution in [0.1, 0.15) is 18.4 Å². The molecule has 0 amide bonds. The molecule has 0 spiro atoms. The second kappa shape index (κ2) is 6.83. The van der Waals surface area contributed by atoms with Gasteiger partial charge in [0.2, 0.25) is 0 Å². The van der Waals surface area contributed by atoms with E-state index < -0.39 is 0 Å². The molecule has 0 unspecified atom stereocenters. The summed E-state index contributed by atoms with van der Waals surface area (Å²) in [6, 6.07) is 5.99.